The predicted octanol–water partition coefficient (Wildman–Crippen LogP) is 2.94. The van der Waals surface area contributed by atoms with Crippen molar-refractivity contribution in [2.45, 2.75) is 45.2 Å². The zero-order valence-electron chi connectivity index (χ0n) is 11.9. The van der Waals surface area contributed by atoms with E-state index in [0.717, 1.165) is 19.0 Å². The Morgan fingerprint density at radius 1 is 1.28 bits per heavy atom. The van der Waals surface area contributed by atoms with Crippen molar-refractivity contribution in [3.8, 4) is 0 Å². The molecule has 0 aromatic heterocycles. The second kappa shape index (κ2) is 5.41. The second-order valence-electron chi connectivity index (χ2n) is 6.19. The molecule has 1 aromatic rings. The average molecular weight is 246 g/mol. The van der Waals surface area contributed by atoms with E-state index in [1.54, 1.807) is 0 Å². The highest BCUT2D eigenvalue weighted by atomic mass is 15.2. The fourth-order valence-electron chi connectivity index (χ4n) is 2.50. The predicted molar refractivity (Wildman–Crippen MR) is 77.4 cm³/mol. The van der Waals surface area contributed by atoms with Gasteiger partial charge in [-0.15, -0.1) is 0 Å². The highest BCUT2D eigenvalue weighted by Crippen LogP contribution is 2.38. The summed E-state index contributed by atoms with van der Waals surface area (Å²) in [4.78, 5) is 2.43. The summed E-state index contributed by atoms with van der Waals surface area (Å²) in [7, 11) is 2.20. The largest absolute Gasteiger partial charge is 0.329 e. The number of rotatable bonds is 6. The van der Waals surface area contributed by atoms with Crippen molar-refractivity contribution in [2.24, 2.45) is 11.7 Å². The summed E-state index contributed by atoms with van der Waals surface area (Å²) in [5.41, 5.74) is 8.86. The first-order valence-electron chi connectivity index (χ1n) is 7.00. The van der Waals surface area contributed by atoms with E-state index >= 15 is 0 Å². The standard InChI is InChI=1S/C16H26N2/c1-13-4-6-15(7-5-13)11-18(3)16(2,12-17)10-14-8-9-14/h4-7,14H,8-12,17H2,1-3H3. The number of likely N-dealkylation sites (N-methyl/N-ethyl adjacent to an activating group) is 1. The van der Waals surface area contributed by atoms with Crippen LogP contribution in [0.3, 0.4) is 0 Å². The molecule has 1 aliphatic carbocycles. The van der Waals surface area contributed by atoms with Crippen molar-refractivity contribution in [1.82, 2.24) is 4.90 Å². The third-order valence-electron chi connectivity index (χ3n) is 4.33. The van der Waals surface area contributed by atoms with Gasteiger partial charge in [0.05, 0.1) is 0 Å². The van der Waals surface area contributed by atoms with Crippen LogP contribution >= 0.6 is 0 Å². The van der Waals surface area contributed by atoms with Gasteiger partial charge in [-0.2, -0.15) is 0 Å². The number of hydrogen-bond acceptors (Lipinski definition) is 2. The topological polar surface area (TPSA) is 29.3 Å². The lowest BCUT2D eigenvalue weighted by Crippen LogP contribution is -2.49. The van der Waals surface area contributed by atoms with E-state index in [2.05, 4.69) is 50.1 Å². The maximum absolute atomic E-state index is 6.02. The molecule has 1 atom stereocenters. The van der Waals surface area contributed by atoms with Gasteiger partial charge in [0, 0.05) is 18.6 Å². The van der Waals surface area contributed by atoms with Crippen LogP contribution in [0.2, 0.25) is 0 Å². The first kappa shape index (κ1) is 13.6. The van der Waals surface area contributed by atoms with E-state index in [9.17, 15) is 0 Å². The molecule has 2 heteroatoms. The highest BCUT2D eigenvalue weighted by molar-refractivity contribution is 5.21. The van der Waals surface area contributed by atoms with Crippen molar-refractivity contribution in [3.63, 3.8) is 0 Å². The monoisotopic (exact) mass is 246 g/mol. The van der Waals surface area contributed by atoms with Gasteiger partial charge in [0.25, 0.3) is 0 Å². The number of aryl methyl sites for hydroxylation is 1. The SMILES string of the molecule is Cc1ccc(CN(C)C(C)(CN)CC2CC2)cc1. The summed E-state index contributed by atoms with van der Waals surface area (Å²) in [5, 5.41) is 0. The van der Waals surface area contributed by atoms with E-state index in [1.807, 2.05) is 0 Å². The Bertz CT molecular complexity index is 381. The van der Waals surface area contributed by atoms with Gasteiger partial charge < -0.3 is 5.73 Å². The van der Waals surface area contributed by atoms with E-state index in [0.29, 0.717) is 0 Å². The molecule has 0 radical (unpaired) electrons. The number of nitrogens with two attached hydrogens (primary N) is 1. The molecule has 100 valence electrons. The van der Waals surface area contributed by atoms with Crippen molar-refractivity contribution in [2.75, 3.05) is 13.6 Å². The molecule has 1 unspecified atom stereocenters. The van der Waals surface area contributed by atoms with Gasteiger partial charge in [0.2, 0.25) is 0 Å². The third-order valence-corrected chi connectivity index (χ3v) is 4.33. The summed E-state index contributed by atoms with van der Waals surface area (Å²) in [6, 6.07) is 8.81. The first-order chi connectivity index (χ1) is 8.53. The van der Waals surface area contributed by atoms with Crippen LogP contribution < -0.4 is 5.73 Å². The second-order valence-corrected chi connectivity index (χ2v) is 6.19. The zero-order chi connectivity index (χ0) is 13.2. The molecule has 1 aromatic carbocycles. The molecule has 0 bridgehead atoms. The van der Waals surface area contributed by atoms with E-state index in [4.69, 9.17) is 5.73 Å². The Kier molecular flexibility index (Phi) is 4.08. The Balaban J connectivity index is 1.99. The summed E-state index contributed by atoms with van der Waals surface area (Å²) in [6.45, 7) is 6.16. The minimum Gasteiger partial charge on any atom is -0.329 e. The van der Waals surface area contributed by atoms with Crippen LogP contribution in [0.1, 0.15) is 37.3 Å². The maximum Gasteiger partial charge on any atom is 0.0306 e. The van der Waals surface area contributed by atoms with Crippen LogP contribution in [0.4, 0.5) is 0 Å². The molecule has 0 aliphatic heterocycles. The molecular formula is C16H26N2. The van der Waals surface area contributed by atoms with Crippen LogP contribution in [-0.4, -0.2) is 24.0 Å². The molecule has 0 spiro atoms. The summed E-state index contributed by atoms with van der Waals surface area (Å²) < 4.78 is 0. The molecule has 2 N–H and O–H groups in total. The van der Waals surface area contributed by atoms with Crippen molar-refractivity contribution < 1.29 is 0 Å². The van der Waals surface area contributed by atoms with Crippen LogP contribution in [0.15, 0.2) is 24.3 Å². The molecular weight excluding hydrogens is 220 g/mol. The molecule has 1 saturated carbocycles. The lowest BCUT2D eigenvalue weighted by Gasteiger charge is -2.38. The molecule has 18 heavy (non-hydrogen) atoms. The third kappa shape index (κ3) is 3.33. The Morgan fingerprint density at radius 3 is 2.39 bits per heavy atom. The van der Waals surface area contributed by atoms with Gasteiger partial charge >= 0.3 is 0 Å². The molecule has 0 amide bonds. The fraction of sp³-hybridized carbons (Fsp3) is 0.625. The summed E-state index contributed by atoms with van der Waals surface area (Å²) in [6.07, 6.45) is 4.04. The Hall–Kier alpha value is -0.860. The quantitative estimate of drug-likeness (QED) is 0.836. The van der Waals surface area contributed by atoms with Crippen LogP contribution in [-0.2, 0) is 6.54 Å². The number of benzene rings is 1. The molecule has 1 fully saturated rings. The van der Waals surface area contributed by atoms with Gasteiger partial charge in [0.15, 0.2) is 0 Å². The molecule has 0 saturated heterocycles. The van der Waals surface area contributed by atoms with Crippen LogP contribution in [0.25, 0.3) is 0 Å². The molecule has 2 nitrogen and oxygen atoms in total. The molecule has 1 aliphatic rings. The van der Waals surface area contributed by atoms with Gasteiger partial charge in [-0.1, -0.05) is 42.7 Å². The van der Waals surface area contributed by atoms with Crippen molar-refractivity contribution >= 4 is 0 Å². The summed E-state index contributed by atoms with van der Waals surface area (Å²) in [5.74, 6) is 0.916. The molecule has 0 heterocycles. The van der Waals surface area contributed by atoms with Gasteiger partial charge in [0.1, 0.15) is 0 Å². The normalized spacial score (nSPS) is 18.9. The van der Waals surface area contributed by atoms with E-state index in [-0.39, 0.29) is 5.54 Å². The van der Waals surface area contributed by atoms with Crippen molar-refractivity contribution in [1.29, 1.82) is 0 Å². The van der Waals surface area contributed by atoms with Gasteiger partial charge in [-0.25, -0.2) is 0 Å². The zero-order valence-corrected chi connectivity index (χ0v) is 11.9. The van der Waals surface area contributed by atoms with Gasteiger partial charge in [-0.3, -0.25) is 4.90 Å². The molecule has 2 rings (SSSR count). The fourth-order valence-corrected chi connectivity index (χ4v) is 2.50. The maximum atomic E-state index is 6.02. The first-order valence-corrected chi connectivity index (χ1v) is 7.00. The van der Waals surface area contributed by atoms with Crippen molar-refractivity contribution in [3.05, 3.63) is 35.4 Å². The average Bonchev–Trinajstić information content (AvgIpc) is 3.15. The smallest absolute Gasteiger partial charge is 0.0306 e. The minimum atomic E-state index is 0.145. The lowest BCUT2D eigenvalue weighted by molar-refractivity contribution is 0.119. The van der Waals surface area contributed by atoms with Crippen LogP contribution in [0.5, 0.6) is 0 Å². The minimum absolute atomic E-state index is 0.145. The highest BCUT2D eigenvalue weighted by Gasteiger charge is 2.35. The summed E-state index contributed by atoms with van der Waals surface area (Å²) >= 11 is 0. The van der Waals surface area contributed by atoms with E-state index in [1.165, 1.54) is 30.4 Å². The Labute approximate surface area is 111 Å². The van der Waals surface area contributed by atoms with E-state index < -0.39 is 0 Å². The number of hydrogen-bond donors (Lipinski definition) is 1. The Morgan fingerprint density at radius 2 is 1.89 bits per heavy atom. The van der Waals surface area contributed by atoms with Crippen LogP contribution in [0, 0.1) is 12.8 Å². The lowest BCUT2D eigenvalue weighted by atomic mass is 9.92. The van der Waals surface area contributed by atoms with Gasteiger partial charge in [-0.05, 0) is 38.8 Å². The number of nitrogens with zero attached hydrogens (tertiary/aromatic N) is 1.